The van der Waals surface area contributed by atoms with Gasteiger partial charge in [0.05, 0.1) is 5.69 Å². The second kappa shape index (κ2) is 8.15. The largest absolute Gasteiger partial charge is 0.352 e. The van der Waals surface area contributed by atoms with Crippen molar-refractivity contribution >= 4 is 5.96 Å². The molecule has 2 N–H and O–H groups in total. The van der Waals surface area contributed by atoms with Crippen LogP contribution in [0.1, 0.15) is 16.7 Å². The summed E-state index contributed by atoms with van der Waals surface area (Å²) in [6.07, 6.45) is 3.72. The minimum atomic E-state index is 0.697. The minimum Gasteiger partial charge on any atom is -0.352 e. The topological polar surface area (TPSA) is 54.2 Å². The maximum Gasteiger partial charge on any atom is 0.191 e. The molecule has 0 atom stereocenters. The number of rotatable bonds is 5. The van der Waals surface area contributed by atoms with Gasteiger partial charge in [-0.15, -0.1) is 0 Å². The maximum absolute atomic E-state index is 4.28. The van der Waals surface area contributed by atoms with E-state index in [0.29, 0.717) is 6.54 Å². The summed E-state index contributed by atoms with van der Waals surface area (Å²) in [6, 6.07) is 18.7. The van der Waals surface area contributed by atoms with Gasteiger partial charge in [0, 0.05) is 32.5 Å². The van der Waals surface area contributed by atoms with Crippen molar-refractivity contribution in [3.8, 4) is 5.69 Å². The predicted molar refractivity (Wildman–Crippen MR) is 102 cm³/mol. The Morgan fingerprint density at radius 2 is 1.76 bits per heavy atom. The summed E-state index contributed by atoms with van der Waals surface area (Å²) in [6.45, 7) is 3.53. The zero-order chi connectivity index (χ0) is 17.5. The number of benzene rings is 2. The zero-order valence-corrected chi connectivity index (χ0v) is 14.6. The highest BCUT2D eigenvalue weighted by molar-refractivity contribution is 5.79. The molecule has 128 valence electrons. The van der Waals surface area contributed by atoms with Crippen LogP contribution in [0, 0.1) is 6.92 Å². The Morgan fingerprint density at radius 1 is 1.00 bits per heavy atom. The Bertz CT molecular complexity index is 820. The van der Waals surface area contributed by atoms with E-state index in [2.05, 4.69) is 64.0 Å². The summed E-state index contributed by atoms with van der Waals surface area (Å²) in [5.74, 6) is 0.782. The first-order valence-electron chi connectivity index (χ1n) is 8.33. The fourth-order valence-corrected chi connectivity index (χ4v) is 2.53. The van der Waals surface area contributed by atoms with Gasteiger partial charge in [-0.05, 0) is 36.2 Å². The monoisotopic (exact) mass is 333 g/mol. The Balaban J connectivity index is 1.56. The lowest BCUT2D eigenvalue weighted by Gasteiger charge is -2.13. The lowest BCUT2D eigenvalue weighted by Crippen LogP contribution is -2.36. The minimum absolute atomic E-state index is 0.697. The average molecular weight is 333 g/mol. The molecule has 0 radical (unpaired) electrons. The molecule has 1 aromatic heterocycles. The number of aryl methyl sites for hydroxylation is 1. The van der Waals surface area contributed by atoms with Crippen LogP contribution >= 0.6 is 0 Å². The van der Waals surface area contributed by atoms with E-state index in [1.807, 2.05) is 29.1 Å². The van der Waals surface area contributed by atoms with Crippen molar-refractivity contribution in [2.45, 2.75) is 20.0 Å². The molecule has 0 bridgehead atoms. The van der Waals surface area contributed by atoms with Gasteiger partial charge >= 0.3 is 0 Å². The maximum atomic E-state index is 4.28. The molecule has 0 amide bonds. The zero-order valence-electron chi connectivity index (χ0n) is 14.6. The van der Waals surface area contributed by atoms with Crippen molar-refractivity contribution in [3.05, 3.63) is 83.7 Å². The molecule has 0 unspecified atom stereocenters. The molecule has 1 heterocycles. The summed E-state index contributed by atoms with van der Waals surface area (Å²) < 4.78 is 1.86. The Morgan fingerprint density at radius 3 is 2.44 bits per heavy atom. The van der Waals surface area contributed by atoms with E-state index < -0.39 is 0 Å². The number of hydrogen-bond acceptors (Lipinski definition) is 2. The van der Waals surface area contributed by atoms with E-state index >= 15 is 0 Å². The van der Waals surface area contributed by atoms with E-state index in [1.165, 1.54) is 16.7 Å². The molecular formula is C20H23N5. The summed E-state index contributed by atoms with van der Waals surface area (Å²) in [4.78, 5) is 4.28. The number of aliphatic imine (C=N–C) groups is 1. The summed E-state index contributed by atoms with van der Waals surface area (Å²) in [5, 5.41) is 11.0. The first-order valence-corrected chi connectivity index (χ1v) is 8.33. The number of hydrogen-bond donors (Lipinski definition) is 2. The van der Waals surface area contributed by atoms with Gasteiger partial charge in [0.2, 0.25) is 0 Å². The first kappa shape index (κ1) is 16.8. The molecule has 5 nitrogen and oxygen atoms in total. The molecule has 0 aliphatic heterocycles. The van der Waals surface area contributed by atoms with Crippen LogP contribution in [-0.2, 0) is 13.1 Å². The number of nitrogens with one attached hydrogen (secondary N) is 2. The number of aromatic nitrogens is 2. The lowest BCUT2D eigenvalue weighted by molar-refractivity contribution is 0.806. The Kier molecular flexibility index (Phi) is 5.46. The van der Waals surface area contributed by atoms with Gasteiger partial charge in [0.25, 0.3) is 0 Å². The van der Waals surface area contributed by atoms with Crippen molar-refractivity contribution in [1.29, 1.82) is 0 Å². The van der Waals surface area contributed by atoms with Crippen molar-refractivity contribution in [2.24, 2.45) is 4.99 Å². The predicted octanol–water partition coefficient (Wildman–Crippen LogP) is 3.05. The molecule has 3 rings (SSSR count). The van der Waals surface area contributed by atoms with E-state index in [-0.39, 0.29) is 0 Å². The van der Waals surface area contributed by atoms with Crippen molar-refractivity contribution in [3.63, 3.8) is 0 Å². The highest BCUT2D eigenvalue weighted by Crippen LogP contribution is 2.09. The Hall–Kier alpha value is -3.08. The molecule has 3 aromatic rings. The molecule has 5 heteroatoms. The first-order chi connectivity index (χ1) is 12.2. The van der Waals surface area contributed by atoms with Crippen molar-refractivity contribution < 1.29 is 0 Å². The fourth-order valence-electron chi connectivity index (χ4n) is 2.53. The van der Waals surface area contributed by atoms with E-state index in [1.54, 1.807) is 13.2 Å². The molecule has 0 spiro atoms. The van der Waals surface area contributed by atoms with Crippen LogP contribution < -0.4 is 10.6 Å². The second-order valence-electron chi connectivity index (χ2n) is 5.89. The molecule has 0 saturated heterocycles. The molecule has 0 aliphatic rings. The standard InChI is InChI=1S/C20H23N5/c1-16-7-9-17(10-8-16)14-22-20(21-2)23-15-18-5-3-6-19(13-18)25-12-4-11-24-25/h3-13H,14-15H2,1-2H3,(H2,21,22,23). The van der Waals surface area contributed by atoms with Crippen LogP contribution in [0.2, 0.25) is 0 Å². The molecule has 2 aromatic carbocycles. The van der Waals surface area contributed by atoms with Gasteiger partial charge in [-0.1, -0.05) is 42.0 Å². The van der Waals surface area contributed by atoms with Crippen LogP contribution in [0.4, 0.5) is 0 Å². The normalized spacial score (nSPS) is 11.4. The van der Waals surface area contributed by atoms with Crippen LogP contribution in [0.25, 0.3) is 5.69 Å². The average Bonchev–Trinajstić information content (AvgIpc) is 3.18. The van der Waals surface area contributed by atoms with E-state index in [0.717, 1.165) is 18.2 Å². The Labute approximate surface area is 148 Å². The molecular weight excluding hydrogens is 310 g/mol. The third-order valence-corrected chi connectivity index (χ3v) is 3.94. The van der Waals surface area contributed by atoms with Gasteiger partial charge in [0.15, 0.2) is 5.96 Å². The summed E-state index contributed by atoms with van der Waals surface area (Å²) in [7, 11) is 1.78. The van der Waals surface area contributed by atoms with Gasteiger partial charge in [-0.3, -0.25) is 4.99 Å². The molecule has 0 aliphatic carbocycles. The summed E-state index contributed by atoms with van der Waals surface area (Å²) in [5.41, 5.74) is 4.72. The number of nitrogens with zero attached hydrogens (tertiary/aromatic N) is 3. The van der Waals surface area contributed by atoms with Gasteiger partial charge in [0.1, 0.15) is 0 Å². The smallest absolute Gasteiger partial charge is 0.191 e. The van der Waals surface area contributed by atoms with Crippen molar-refractivity contribution in [2.75, 3.05) is 7.05 Å². The van der Waals surface area contributed by atoms with Crippen LogP contribution in [-0.4, -0.2) is 22.8 Å². The second-order valence-corrected chi connectivity index (χ2v) is 5.89. The fraction of sp³-hybridized carbons (Fsp3) is 0.200. The van der Waals surface area contributed by atoms with Crippen LogP contribution in [0.5, 0.6) is 0 Å². The van der Waals surface area contributed by atoms with Crippen LogP contribution in [0.3, 0.4) is 0 Å². The SMILES string of the molecule is CN=C(NCc1ccc(C)cc1)NCc1cccc(-n2cccn2)c1. The van der Waals surface area contributed by atoms with E-state index in [9.17, 15) is 0 Å². The third kappa shape index (κ3) is 4.70. The van der Waals surface area contributed by atoms with Crippen LogP contribution in [0.15, 0.2) is 72.0 Å². The number of guanidine groups is 1. The van der Waals surface area contributed by atoms with Gasteiger partial charge < -0.3 is 10.6 Å². The quantitative estimate of drug-likeness (QED) is 0.557. The molecule has 25 heavy (non-hydrogen) atoms. The van der Waals surface area contributed by atoms with E-state index in [4.69, 9.17) is 0 Å². The van der Waals surface area contributed by atoms with Gasteiger partial charge in [-0.25, -0.2) is 4.68 Å². The van der Waals surface area contributed by atoms with Gasteiger partial charge in [-0.2, -0.15) is 5.10 Å². The third-order valence-electron chi connectivity index (χ3n) is 3.94. The van der Waals surface area contributed by atoms with Crippen molar-refractivity contribution in [1.82, 2.24) is 20.4 Å². The lowest BCUT2D eigenvalue weighted by atomic mass is 10.1. The molecule has 0 fully saturated rings. The highest BCUT2D eigenvalue weighted by atomic mass is 15.3. The highest BCUT2D eigenvalue weighted by Gasteiger charge is 2.01. The summed E-state index contributed by atoms with van der Waals surface area (Å²) >= 11 is 0. The molecule has 0 saturated carbocycles.